The second-order valence-electron chi connectivity index (χ2n) is 2.70. The molecule has 0 aliphatic heterocycles. The largest absolute Gasteiger partial charge is 0.396 e. The molecule has 0 fully saturated rings. The van der Waals surface area contributed by atoms with E-state index in [1.807, 2.05) is 0 Å². The van der Waals surface area contributed by atoms with Crippen molar-refractivity contribution in [3.63, 3.8) is 0 Å². The zero-order chi connectivity index (χ0) is 9.84. The Hall–Kier alpha value is -1.03. The molecular formula is C9H9F3O. The van der Waals surface area contributed by atoms with Gasteiger partial charge in [-0.05, 0) is 30.5 Å². The Kier molecular flexibility index (Phi) is 3.31. The Morgan fingerprint density at radius 2 is 1.62 bits per heavy atom. The van der Waals surface area contributed by atoms with E-state index in [4.69, 9.17) is 5.11 Å². The molecule has 0 saturated carbocycles. The highest BCUT2D eigenvalue weighted by Crippen LogP contribution is 2.14. The first-order valence-corrected chi connectivity index (χ1v) is 3.89. The van der Waals surface area contributed by atoms with E-state index in [-0.39, 0.29) is 6.61 Å². The van der Waals surface area contributed by atoms with Crippen LogP contribution >= 0.6 is 0 Å². The number of aliphatic hydroxyl groups excluding tert-OH is 1. The second-order valence-corrected chi connectivity index (χ2v) is 2.70. The molecule has 1 aromatic carbocycles. The molecule has 0 atom stereocenters. The molecule has 0 saturated heterocycles. The number of rotatable bonds is 3. The van der Waals surface area contributed by atoms with Crippen molar-refractivity contribution in [3.05, 3.63) is 35.1 Å². The summed E-state index contributed by atoms with van der Waals surface area (Å²) in [7, 11) is 0. The summed E-state index contributed by atoms with van der Waals surface area (Å²) in [5, 5.41) is 8.46. The molecular weight excluding hydrogens is 181 g/mol. The van der Waals surface area contributed by atoms with Gasteiger partial charge in [0.25, 0.3) is 0 Å². The highest BCUT2D eigenvalue weighted by atomic mass is 19.2. The molecule has 0 aliphatic rings. The van der Waals surface area contributed by atoms with Gasteiger partial charge in [-0.3, -0.25) is 0 Å². The van der Waals surface area contributed by atoms with Crippen LogP contribution in [0, 0.1) is 17.5 Å². The minimum absolute atomic E-state index is 0.0549. The molecule has 72 valence electrons. The van der Waals surface area contributed by atoms with Gasteiger partial charge in [0, 0.05) is 6.61 Å². The Bertz CT molecular complexity index is 276. The van der Waals surface area contributed by atoms with Gasteiger partial charge in [-0.2, -0.15) is 0 Å². The average Bonchev–Trinajstić information content (AvgIpc) is 2.10. The number of aryl methyl sites for hydroxylation is 1. The maximum Gasteiger partial charge on any atom is 0.194 e. The van der Waals surface area contributed by atoms with Crippen LogP contribution in [0.15, 0.2) is 12.1 Å². The van der Waals surface area contributed by atoms with Gasteiger partial charge >= 0.3 is 0 Å². The minimum Gasteiger partial charge on any atom is -0.396 e. The molecule has 0 aliphatic carbocycles. The molecule has 0 bridgehead atoms. The number of aliphatic hydroxyl groups is 1. The molecule has 1 N–H and O–H groups in total. The van der Waals surface area contributed by atoms with Gasteiger partial charge in [0.1, 0.15) is 0 Å². The van der Waals surface area contributed by atoms with Crippen molar-refractivity contribution in [3.8, 4) is 0 Å². The van der Waals surface area contributed by atoms with Crippen LogP contribution in [0.25, 0.3) is 0 Å². The van der Waals surface area contributed by atoms with Gasteiger partial charge < -0.3 is 5.11 Å². The summed E-state index contributed by atoms with van der Waals surface area (Å²) >= 11 is 0. The fourth-order valence-corrected chi connectivity index (χ4v) is 1.04. The van der Waals surface area contributed by atoms with Gasteiger partial charge in [-0.25, -0.2) is 13.2 Å². The number of halogens is 3. The maximum absolute atomic E-state index is 12.6. The lowest BCUT2D eigenvalue weighted by molar-refractivity contribution is 0.288. The molecule has 1 nitrogen and oxygen atoms in total. The van der Waals surface area contributed by atoms with Crippen LogP contribution < -0.4 is 0 Å². The summed E-state index contributed by atoms with van der Waals surface area (Å²) in [6, 6.07) is 1.88. The Morgan fingerprint density at radius 1 is 1.08 bits per heavy atom. The Labute approximate surface area is 73.8 Å². The van der Waals surface area contributed by atoms with Gasteiger partial charge in [0.05, 0.1) is 0 Å². The van der Waals surface area contributed by atoms with Gasteiger partial charge in [-0.15, -0.1) is 0 Å². The van der Waals surface area contributed by atoms with Crippen molar-refractivity contribution in [1.82, 2.24) is 0 Å². The first-order chi connectivity index (χ1) is 6.15. The minimum atomic E-state index is -1.45. The zero-order valence-electron chi connectivity index (χ0n) is 6.86. The standard InChI is InChI=1S/C9H9F3O/c10-7-4-6(2-1-3-13)5-8(11)9(7)12/h4-5,13H,1-3H2. The molecule has 0 amide bonds. The smallest absolute Gasteiger partial charge is 0.194 e. The van der Waals surface area contributed by atoms with E-state index in [0.29, 0.717) is 18.4 Å². The van der Waals surface area contributed by atoms with E-state index in [1.165, 1.54) is 0 Å². The van der Waals surface area contributed by atoms with Crippen LogP contribution in [0.2, 0.25) is 0 Å². The Balaban J connectivity index is 2.86. The van der Waals surface area contributed by atoms with Crippen molar-refractivity contribution in [2.75, 3.05) is 6.61 Å². The topological polar surface area (TPSA) is 20.2 Å². The molecule has 0 unspecified atom stereocenters. The third-order valence-corrected chi connectivity index (χ3v) is 1.67. The van der Waals surface area contributed by atoms with E-state index < -0.39 is 17.5 Å². The van der Waals surface area contributed by atoms with E-state index in [0.717, 1.165) is 12.1 Å². The van der Waals surface area contributed by atoms with Crippen LogP contribution in [0.5, 0.6) is 0 Å². The second kappa shape index (κ2) is 4.28. The summed E-state index contributed by atoms with van der Waals surface area (Å²) in [6.45, 7) is -0.0549. The number of hydrogen-bond acceptors (Lipinski definition) is 1. The van der Waals surface area contributed by atoms with Crippen LogP contribution in [-0.4, -0.2) is 11.7 Å². The molecule has 0 spiro atoms. The lowest BCUT2D eigenvalue weighted by atomic mass is 10.1. The van der Waals surface area contributed by atoms with Crippen LogP contribution in [-0.2, 0) is 6.42 Å². The summed E-state index contributed by atoms with van der Waals surface area (Å²) in [4.78, 5) is 0. The van der Waals surface area contributed by atoms with Gasteiger partial charge in [0.15, 0.2) is 17.5 Å². The first-order valence-electron chi connectivity index (χ1n) is 3.89. The van der Waals surface area contributed by atoms with Crippen molar-refractivity contribution >= 4 is 0 Å². The summed E-state index contributed by atoms with van der Waals surface area (Å²) in [5.41, 5.74) is 0.352. The number of benzene rings is 1. The monoisotopic (exact) mass is 190 g/mol. The van der Waals surface area contributed by atoms with E-state index in [1.54, 1.807) is 0 Å². The summed E-state index contributed by atoms with van der Waals surface area (Å²) in [6.07, 6.45) is 0.745. The molecule has 0 heterocycles. The first kappa shape index (κ1) is 10.1. The normalized spacial score (nSPS) is 10.5. The molecule has 1 rings (SSSR count). The average molecular weight is 190 g/mol. The molecule has 1 aromatic rings. The number of hydrogen-bond donors (Lipinski definition) is 1. The van der Waals surface area contributed by atoms with Crippen LogP contribution in [0.1, 0.15) is 12.0 Å². The summed E-state index contributed by atoms with van der Waals surface area (Å²) < 4.78 is 37.6. The van der Waals surface area contributed by atoms with Gasteiger partial charge in [0.2, 0.25) is 0 Å². The predicted octanol–water partition coefficient (Wildman–Crippen LogP) is 2.03. The highest BCUT2D eigenvalue weighted by molar-refractivity contribution is 5.19. The molecule has 4 heteroatoms. The summed E-state index contributed by atoms with van der Waals surface area (Å²) in [5.74, 6) is -3.83. The third kappa shape index (κ3) is 2.45. The quantitative estimate of drug-likeness (QED) is 0.723. The third-order valence-electron chi connectivity index (χ3n) is 1.67. The maximum atomic E-state index is 12.6. The zero-order valence-corrected chi connectivity index (χ0v) is 6.86. The Morgan fingerprint density at radius 3 is 2.08 bits per heavy atom. The predicted molar refractivity (Wildman–Crippen MR) is 41.7 cm³/mol. The van der Waals surface area contributed by atoms with E-state index in [9.17, 15) is 13.2 Å². The van der Waals surface area contributed by atoms with Crippen molar-refractivity contribution in [2.45, 2.75) is 12.8 Å². The van der Waals surface area contributed by atoms with Crippen molar-refractivity contribution in [1.29, 1.82) is 0 Å². The molecule has 0 radical (unpaired) electrons. The molecule has 13 heavy (non-hydrogen) atoms. The van der Waals surface area contributed by atoms with Gasteiger partial charge in [-0.1, -0.05) is 0 Å². The lowest BCUT2D eigenvalue weighted by Gasteiger charge is -2.01. The SMILES string of the molecule is OCCCc1cc(F)c(F)c(F)c1. The van der Waals surface area contributed by atoms with E-state index in [2.05, 4.69) is 0 Å². The van der Waals surface area contributed by atoms with Crippen molar-refractivity contribution in [2.24, 2.45) is 0 Å². The van der Waals surface area contributed by atoms with E-state index >= 15 is 0 Å². The van der Waals surface area contributed by atoms with Crippen LogP contribution in [0.3, 0.4) is 0 Å². The lowest BCUT2D eigenvalue weighted by Crippen LogP contribution is -1.96. The molecule has 0 aromatic heterocycles. The fraction of sp³-hybridized carbons (Fsp3) is 0.333. The van der Waals surface area contributed by atoms with Crippen LogP contribution in [0.4, 0.5) is 13.2 Å². The fourth-order valence-electron chi connectivity index (χ4n) is 1.04. The highest BCUT2D eigenvalue weighted by Gasteiger charge is 2.09. The van der Waals surface area contributed by atoms with Crippen molar-refractivity contribution < 1.29 is 18.3 Å².